The summed E-state index contributed by atoms with van der Waals surface area (Å²) in [4.78, 5) is 30.4. The average Bonchev–Trinajstić information content (AvgIpc) is 3.12. The Morgan fingerprint density at radius 3 is 2.11 bits per heavy atom. The predicted octanol–water partition coefficient (Wildman–Crippen LogP) is 2.61. The first-order chi connectivity index (χ1) is 17.3. The molecule has 0 radical (unpaired) electrons. The molecule has 1 aromatic carbocycles. The molecule has 0 spiro atoms. The number of amides is 2. The number of hydrogen-bond acceptors (Lipinski definition) is 9. The van der Waals surface area contributed by atoms with E-state index in [1.165, 1.54) is 32.0 Å². The number of ether oxygens (including phenoxy) is 2. The molecule has 14 heteroatoms. The third kappa shape index (κ3) is 7.39. The van der Waals surface area contributed by atoms with Gasteiger partial charge in [0.25, 0.3) is 10.0 Å². The summed E-state index contributed by atoms with van der Waals surface area (Å²) in [6, 6.07) is 5.68. The molecule has 0 saturated heterocycles. The standard InChI is InChI=1S/C14H20N6O5S.C9H10O2/c1-6-9-8(2)12(20(3)18-9)26(22,23)19-14(21)17-13-15-10(24-4)7-11(16-13)25-5;1-6-3-4-8(9(10)11)7(2)5-6/h7H,6H2,1-5H3,(H2,15,16,17,19,21);3-5H,1-2H3,(H,10,11). The number of benzene rings is 1. The zero-order chi connectivity index (χ0) is 27.9. The van der Waals surface area contributed by atoms with Crippen molar-refractivity contribution in [3.05, 3.63) is 52.2 Å². The minimum absolute atomic E-state index is 0.0892. The molecule has 0 bridgehead atoms. The molecular weight excluding hydrogens is 504 g/mol. The number of rotatable bonds is 7. The van der Waals surface area contributed by atoms with Crippen molar-refractivity contribution in [3.63, 3.8) is 0 Å². The van der Waals surface area contributed by atoms with Crippen molar-refractivity contribution in [3.8, 4) is 11.8 Å². The van der Waals surface area contributed by atoms with Gasteiger partial charge in [0.2, 0.25) is 17.7 Å². The molecule has 3 aromatic rings. The number of sulfonamides is 1. The second-order valence-electron chi connectivity index (χ2n) is 7.81. The molecule has 2 heterocycles. The lowest BCUT2D eigenvalue weighted by Crippen LogP contribution is -2.36. The Morgan fingerprint density at radius 2 is 1.65 bits per heavy atom. The third-order valence-electron chi connectivity index (χ3n) is 5.07. The third-order valence-corrected chi connectivity index (χ3v) is 6.60. The number of aromatic carboxylic acids is 1. The minimum Gasteiger partial charge on any atom is -0.481 e. The Hall–Kier alpha value is -4.20. The molecule has 3 rings (SSSR count). The average molecular weight is 535 g/mol. The molecule has 37 heavy (non-hydrogen) atoms. The van der Waals surface area contributed by atoms with E-state index >= 15 is 0 Å². The van der Waals surface area contributed by atoms with Gasteiger partial charge in [0.15, 0.2) is 5.03 Å². The van der Waals surface area contributed by atoms with Crippen molar-refractivity contribution in [2.45, 2.75) is 39.1 Å². The topological polar surface area (TPSA) is 175 Å². The van der Waals surface area contributed by atoms with Crippen molar-refractivity contribution in [1.29, 1.82) is 0 Å². The molecule has 2 amide bonds. The monoisotopic (exact) mass is 534 g/mol. The van der Waals surface area contributed by atoms with Gasteiger partial charge in [-0.05, 0) is 38.8 Å². The Balaban J connectivity index is 0.000000364. The second-order valence-corrected chi connectivity index (χ2v) is 9.41. The number of nitrogens with zero attached hydrogens (tertiary/aromatic N) is 4. The summed E-state index contributed by atoms with van der Waals surface area (Å²) in [7, 11) is 0.117. The largest absolute Gasteiger partial charge is 0.481 e. The molecule has 0 atom stereocenters. The maximum atomic E-state index is 12.5. The molecule has 2 aromatic heterocycles. The molecule has 0 unspecified atom stereocenters. The number of carboxylic acid groups (broad SMARTS) is 1. The number of carbonyl (C=O) groups excluding carboxylic acids is 1. The lowest BCUT2D eigenvalue weighted by atomic mass is 10.1. The van der Waals surface area contributed by atoms with Crippen LogP contribution in [0.5, 0.6) is 11.8 Å². The van der Waals surface area contributed by atoms with Crippen LogP contribution >= 0.6 is 0 Å². The minimum atomic E-state index is -4.14. The van der Waals surface area contributed by atoms with E-state index in [9.17, 15) is 18.0 Å². The van der Waals surface area contributed by atoms with E-state index in [0.29, 0.717) is 23.2 Å². The highest BCUT2D eigenvalue weighted by atomic mass is 32.2. The van der Waals surface area contributed by atoms with E-state index in [4.69, 9.17) is 14.6 Å². The molecule has 200 valence electrons. The van der Waals surface area contributed by atoms with E-state index in [0.717, 1.165) is 11.1 Å². The van der Waals surface area contributed by atoms with E-state index < -0.39 is 22.0 Å². The van der Waals surface area contributed by atoms with E-state index in [1.807, 2.05) is 24.6 Å². The number of carboxylic acids is 1. The van der Waals surface area contributed by atoms with Crippen LogP contribution in [0.2, 0.25) is 0 Å². The van der Waals surface area contributed by atoms with Crippen LogP contribution in [-0.2, 0) is 23.5 Å². The fourth-order valence-electron chi connectivity index (χ4n) is 3.40. The first-order valence-corrected chi connectivity index (χ1v) is 12.4. The van der Waals surface area contributed by atoms with Gasteiger partial charge in [0, 0.05) is 12.6 Å². The first kappa shape index (κ1) is 29.0. The van der Waals surface area contributed by atoms with Gasteiger partial charge in [-0.15, -0.1) is 0 Å². The summed E-state index contributed by atoms with van der Waals surface area (Å²) in [6.07, 6.45) is 0.568. The SMILES string of the molecule is CCc1nn(C)c(S(=O)(=O)NC(=O)Nc2nc(OC)cc(OC)n2)c1C.Cc1ccc(C(=O)O)c(C)c1. The van der Waals surface area contributed by atoms with Crippen LogP contribution in [0.15, 0.2) is 29.3 Å². The van der Waals surface area contributed by atoms with Gasteiger partial charge in [-0.1, -0.05) is 24.6 Å². The van der Waals surface area contributed by atoms with Crippen molar-refractivity contribution in [1.82, 2.24) is 24.5 Å². The van der Waals surface area contributed by atoms with Crippen LogP contribution in [0.3, 0.4) is 0 Å². The number of aromatic nitrogens is 4. The summed E-state index contributed by atoms with van der Waals surface area (Å²) < 4.78 is 38.1. The van der Waals surface area contributed by atoms with Crippen LogP contribution in [0.25, 0.3) is 0 Å². The Kier molecular flexibility index (Phi) is 9.54. The molecule has 0 saturated carbocycles. The van der Waals surface area contributed by atoms with Gasteiger partial charge in [-0.2, -0.15) is 23.5 Å². The van der Waals surface area contributed by atoms with Crippen molar-refractivity contribution in [2.75, 3.05) is 19.5 Å². The van der Waals surface area contributed by atoms with Gasteiger partial charge in [0.1, 0.15) is 0 Å². The highest BCUT2D eigenvalue weighted by Crippen LogP contribution is 2.19. The number of hydrogen-bond donors (Lipinski definition) is 3. The van der Waals surface area contributed by atoms with E-state index in [2.05, 4.69) is 20.4 Å². The summed E-state index contributed by atoms with van der Waals surface area (Å²) >= 11 is 0. The Bertz CT molecular complexity index is 1380. The van der Waals surface area contributed by atoms with Crippen molar-refractivity contribution < 1.29 is 32.6 Å². The van der Waals surface area contributed by atoms with Gasteiger partial charge < -0.3 is 14.6 Å². The van der Waals surface area contributed by atoms with Gasteiger partial charge in [-0.25, -0.2) is 14.3 Å². The quantitative estimate of drug-likeness (QED) is 0.408. The molecular formula is C23H30N6O7S. The maximum absolute atomic E-state index is 12.5. The van der Waals surface area contributed by atoms with Crippen molar-refractivity contribution >= 4 is 28.0 Å². The Labute approximate surface area is 214 Å². The smallest absolute Gasteiger partial charge is 0.335 e. The fourth-order valence-corrected chi connectivity index (χ4v) is 4.70. The highest BCUT2D eigenvalue weighted by molar-refractivity contribution is 7.90. The molecule has 0 aliphatic carbocycles. The van der Waals surface area contributed by atoms with Gasteiger partial charge in [-0.3, -0.25) is 10.00 Å². The van der Waals surface area contributed by atoms with Crippen LogP contribution in [0, 0.1) is 20.8 Å². The molecule has 3 N–H and O–H groups in total. The van der Waals surface area contributed by atoms with Crippen LogP contribution in [-0.4, -0.2) is 59.5 Å². The van der Waals surface area contributed by atoms with Gasteiger partial charge >= 0.3 is 12.0 Å². The number of carbonyl (C=O) groups is 2. The van der Waals surface area contributed by atoms with Crippen LogP contribution in [0.4, 0.5) is 10.7 Å². The van der Waals surface area contributed by atoms with Crippen molar-refractivity contribution in [2.24, 2.45) is 7.05 Å². The maximum Gasteiger partial charge on any atom is 0.335 e. The Morgan fingerprint density at radius 1 is 1.05 bits per heavy atom. The summed E-state index contributed by atoms with van der Waals surface area (Å²) in [5.74, 6) is -0.748. The van der Waals surface area contributed by atoms with E-state index in [-0.39, 0.29) is 22.7 Å². The summed E-state index contributed by atoms with van der Waals surface area (Å²) in [5.41, 5.74) is 3.41. The number of methoxy groups -OCH3 is 2. The summed E-state index contributed by atoms with van der Waals surface area (Å²) in [6.45, 7) is 7.24. The number of anilines is 1. The molecule has 0 aliphatic heterocycles. The van der Waals surface area contributed by atoms with Crippen LogP contribution in [0.1, 0.15) is 39.7 Å². The first-order valence-electron chi connectivity index (χ1n) is 11.0. The number of urea groups is 1. The zero-order valence-corrected chi connectivity index (χ0v) is 22.4. The predicted molar refractivity (Wildman–Crippen MR) is 135 cm³/mol. The van der Waals surface area contributed by atoms with E-state index in [1.54, 1.807) is 26.0 Å². The second kappa shape index (κ2) is 12.2. The normalized spacial score (nSPS) is 10.7. The van der Waals surface area contributed by atoms with Crippen LogP contribution < -0.4 is 19.5 Å². The zero-order valence-electron chi connectivity index (χ0n) is 21.6. The number of nitrogens with one attached hydrogen (secondary N) is 2. The molecule has 13 nitrogen and oxygen atoms in total. The highest BCUT2D eigenvalue weighted by Gasteiger charge is 2.26. The number of aryl methyl sites for hydroxylation is 4. The molecule has 0 fully saturated rings. The lowest BCUT2D eigenvalue weighted by Gasteiger charge is -2.10. The molecule has 0 aliphatic rings. The van der Waals surface area contributed by atoms with Gasteiger partial charge in [0.05, 0.1) is 31.5 Å². The lowest BCUT2D eigenvalue weighted by molar-refractivity contribution is 0.0696. The summed E-state index contributed by atoms with van der Waals surface area (Å²) in [5, 5.41) is 14.9. The fraction of sp³-hybridized carbons (Fsp3) is 0.348.